The van der Waals surface area contributed by atoms with E-state index in [1.54, 1.807) is 6.92 Å². The normalized spacial score (nSPS) is 11.9. The highest BCUT2D eigenvalue weighted by molar-refractivity contribution is 7.91. The Labute approximate surface area is 120 Å². The van der Waals surface area contributed by atoms with E-state index in [-0.39, 0.29) is 0 Å². The van der Waals surface area contributed by atoms with Crippen LogP contribution in [0.1, 0.15) is 17.0 Å². The average Bonchev–Trinajstić information content (AvgIpc) is 2.76. The summed E-state index contributed by atoms with van der Waals surface area (Å²) in [6.07, 6.45) is 0. The minimum atomic E-state index is -4.55. The Morgan fingerprint density at radius 2 is 1.86 bits per heavy atom. The van der Waals surface area contributed by atoms with E-state index in [0.29, 0.717) is 18.0 Å². The van der Waals surface area contributed by atoms with E-state index < -0.39 is 20.5 Å². The summed E-state index contributed by atoms with van der Waals surface area (Å²) in [7, 11) is -4.55. The molecule has 0 atom stereocenters. The summed E-state index contributed by atoms with van der Waals surface area (Å²) < 4.78 is 52.4. The first-order valence-corrected chi connectivity index (χ1v) is 7.64. The monoisotopic (exact) mass is 316 g/mol. The third-order valence-corrected chi connectivity index (χ3v) is 4.47. The Hall–Kier alpha value is -1.96. The molecule has 0 aliphatic heterocycles. The number of benzene rings is 1. The molecule has 1 heterocycles. The highest BCUT2D eigenvalue weighted by atomic mass is 32.2. The van der Waals surface area contributed by atoms with Crippen molar-refractivity contribution >= 4 is 15.5 Å². The molecule has 0 aliphatic rings. The summed E-state index contributed by atoms with van der Waals surface area (Å²) in [4.78, 5) is -0.402. The molecule has 0 bridgehead atoms. The van der Waals surface area contributed by atoms with Crippen molar-refractivity contribution in [3.8, 4) is 0 Å². The van der Waals surface area contributed by atoms with Crippen molar-refractivity contribution in [3.63, 3.8) is 0 Å². The van der Waals surface area contributed by atoms with Crippen LogP contribution >= 0.6 is 0 Å². The van der Waals surface area contributed by atoms with Gasteiger partial charge in [0.25, 0.3) is 0 Å². The predicted octanol–water partition coefficient (Wildman–Crippen LogP) is 2.90. The van der Waals surface area contributed by atoms with E-state index in [2.05, 4.69) is 10.5 Å². The van der Waals surface area contributed by atoms with Gasteiger partial charge in [-0.25, -0.2) is 8.42 Å². The van der Waals surface area contributed by atoms with Crippen molar-refractivity contribution in [2.75, 3.05) is 5.32 Å². The lowest BCUT2D eigenvalue weighted by Crippen LogP contribution is -2.11. The van der Waals surface area contributed by atoms with E-state index >= 15 is 0 Å². The molecule has 0 saturated heterocycles. The number of rotatable bonds is 5. The lowest BCUT2D eigenvalue weighted by molar-refractivity contribution is 0.234. The molecule has 1 N–H and O–H groups in total. The van der Waals surface area contributed by atoms with E-state index in [0.717, 1.165) is 23.4 Å². The van der Waals surface area contributed by atoms with Gasteiger partial charge >= 0.3 is 5.76 Å². The van der Waals surface area contributed by atoms with Crippen LogP contribution in [0, 0.1) is 13.8 Å². The first-order chi connectivity index (χ1) is 9.82. The summed E-state index contributed by atoms with van der Waals surface area (Å²) in [6, 6.07) is 5.18. The maximum atomic E-state index is 12.4. The molecule has 1 aromatic carbocycles. The van der Waals surface area contributed by atoms with Crippen LogP contribution in [0.5, 0.6) is 0 Å². The molecule has 1 aromatic heterocycles. The number of halogens is 2. The van der Waals surface area contributed by atoms with E-state index in [4.69, 9.17) is 4.52 Å². The van der Waals surface area contributed by atoms with Gasteiger partial charge in [-0.2, -0.15) is 8.78 Å². The molecule has 0 aliphatic carbocycles. The zero-order chi connectivity index (χ0) is 15.6. The van der Waals surface area contributed by atoms with Gasteiger partial charge in [-0.05, 0) is 38.1 Å². The summed E-state index contributed by atoms with van der Waals surface area (Å²) in [5.41, 5.74) is 2.28. The molecule has 0 spiro atoms. The van der Waals surface area contributed by atoms with Crippen LogP contribution in [-0.2, 0) is 16.4 Å². The Kier molecular flexibility index (Phi) is 4.26. The number of hydrogen-bond acceptors (Lipinski definition) is 5. The molecule has 2 aromatic rings. The van der Waals surface area contributed by atoms with Crippen molar-refractivity contribution in [1.82, 2.24) is 5.16 Å². The molecule has 114 valence electrons. The second-order valence-corrected chi connectivity index (χ2v) is 6.40. The molecule has 0 unspecified atom stereocenters. The molecule has 0 fully saturated rings. The van der Waals surface area contributed by atoms with Gasteiger partial charge in [0.2, 0.25) is 9.84 Å². The predicted molar refractivity (Wildman–Crippen MR) is 72.9 cm³/mol. The van der Waals surface area contributed by atoms with Crippen molar-refractivity contribution in [2.24, 2.45) is 0 Å². The Morgan fingerprint density at radius 1 is 1.24 bits per heavy atom. The van der Waals surface area contributed by atoms with Crippen molar-refractivity contribution in [3.05, 3.63) is 41.3 Å². The molecule has 21 heavy (non-hydrogen) atoms. The highest BCUT2D eigenvalue weighted by Gasteiger charge is 2.26. The molecular weight excluding hydrogens is 302 g/mol. The number of nitrogens with one attached hydrogen (secondary N) is 1. The molecule has 0 saturated carbocycles. The van der Waals surface area contributed by atoms with Gasteiger partial charge in [-0.3, -0.25) is 0 Å². The van der Waals surface area contributed by atoms with Crippen LogP contribution in [0.4, 0.5) is 14.5 Å². The fraction of sp³-hybridized carbons (Fsp3) is 0.308. The van der Waals surface area contributed by atoms with E-state index in [1.165, 1.54) is 12.1 Å². The summed E-state index contributed by atoms with van der Waals surface area (Å²) in [5, 5.41) is 6.87. The fourth-order valence-electron chi connectivity index (χ4n) is 1.81. The smallest absolute Gasteiger partial charge is 0.341 e. The summed E-state index contributed by atoms with van der Waals surface area (Å²) in [5.74, 6) is -2.73. The minimum absolute atomic E-state index is 0.402. The Balaban J connectivity index is 2.10. The second kappa shape index (κ2) is 5.80. The molecule has 0 amide bonds. The van der Waals surface area contributed by atoms with Crippen LogP contribution in [0.2, 0.25) is 0 Å². The summed E-state index contributed by atoms with van der Waals surface area (Å²) in [6.45, 7) is 4.04. The Morgan fingerprint density at radius 3 is 2.33 bits per heavy atom. The fourth-order valence-corrected chi connectivity index (χ4v) is 2.53. The molecule has 0 radical (unpaired) electrons. The van der Waals surface area contributed by atoms with Crippen LogP contribution < -0.4 is 5.32 Å². The number of aryl methyl sites for hydroxylation is 2. The standard InChI is InChI=1S/C13H14F2N2O3S/c1-8-12(9(2)20-17-8)7-16-10-3-5-11(6-4-10)21(18,19)13(14)15/h3-6,13,16H,7H2,1-2H3. The lowest BCUT2D eigenvalue weighted by atomic mass is 10.2. The largest absolute Gasteiger partial charge is 0.381 e. The SMILES string of the molecule is Cc1noc(C)c1CNc1ccc(S(=O)(=O)C(F)F)cc1. The molecular formula is C13H14F2N2O3S. The van der Waals surface area contributed by atoms with Crippen molar-refractivity contribution < 1.29 is 21.7 Å². The summed E-state index contributed by atoms with van der Waals surface area (Å²) >= 11 is 0. The van der Waals surface area contributed by atoms with Gasteiger partial charge in [0.15, 0.2) is 0 Å². The lowest BCUT2D eigenvalue weighted by Gasteiger charge is -2.07. The first-order valence-electron chi connectivity index (χ1n) is 6.10. The van der Waals surface area contributed by atoms with Gasteiger partial charge in [0, 0.05) is 17.8 Å². The number of aromatic nitrogens is 1. The van der Waals surface area contributed by atoms with Gasteiger partial charge in [-0.15, -0.1) is 0 Å². The second-order valence-electron chi connectivity index (χ2n) is 4.49. The maximum absolute atomic E-state index is 12.4. The third-order valence-electron chi connectivity index (χ3n) is 3.07. The van der Waals surface area contributed by atoms with Gasteiger partial charge in [-0.1, -0.05) is 5.16 Å². The van der Waals surface area contributed by atoms with Gasteiger partial charge in [0.1, 0.15) is 5.76 Å². The van der Waals surface area contributed by atoms with Crippen molar-refractivity contribution in [2.45, 2.75) is 31.0 Å². The first kappa shape index (κ1) is 15.4. The Bertz CT molecular complexity index is 705. The van der Waals surface area contributed by atoms with E-state index in [9.17, 15) is 17.2 Å². The number of anilines is 1. The van der Waals surface area contributed by atoms with E-state index in [1.807, 2.05) is 6.92 Å². The highest BCUT2D eigenvalue weighted by Crippen LogP contribution is 2.21. The topological polar surface area (TPSA) is 72.2 Å². The number of sulfone groups is 1. The number of nitrogens with zero attached hydrogens (tertiary/aromatic N) is 1. The van der Waals surface area contributed by atoms with Crippen LogP contribution in [0.15, 0.2) is 33.7 Å². The average molecular weight is 316 g/mol. The molecule has 5 nitrogen and oxygen atoms in total. The van der Waals surface area contributed by atoms with Gasteiger partial charge in [0.05, 0.1) is 10.6 Å². The third kappa shape index (κ3) is 3.21. The number of alkyl halides is 2. The zero-order valence-electron chi connectivity index (χ0n) is 11.4. The quantitative estimate of drug-likeness (QED) is 0.918. The van der Waals surface area contributed by atoms with Crippen molar-refractivity contribution in [1.29, 1.82) is 0 Å². The minimum Gasteiger partial charge on any atom is -0.381 e. The van der Waals surface area contributed by atoms with Crippen LogP contribution in [0.3, 0.4) is 0 Å². The van der Waals surface area contributed by atoms with Crippen LogP contribution in [-0.4, -0.2) is 19.3 Å². The van der Waals surface area contributed by atoms with Gasteiger partial charge < -0.3 is 9.84 Å². The molecule has 8 heteroatoms. The van der Waals surface area contributed by atoms with Crippen LogP contribution in [0.25, 0.3) is 0 Å². The zero-order valence-corrected chi connectivity index (χ0v) is 12.2. The maximum Gasteiger partial charge on any atom is 0.341 e. The number of hydrogen-bond donors (Lipinski definition) is 1. The molecule has 2 rings (SSSR count).